The molecule has 0 unspecified atom stereocenters. The summed E-state index contributed by atoms with van der Waals surface area (Å²) >= 11 is 0. The zero-order valence-corrected chi connectivity index (χ0v) is 9.60. The third-order valence-corrected chi connectivity index (χ3v) is 2.38. The lowest BCUT2D eigenvalue weighted by molar-refractivity contribution is 0.868. The first-order valence-corrected chi connectivity index (χ1v) is 5.06. The molecule has 3 N–H and O–H groups in total. The predicted molar refractivity (Wildman–Crippen MR) is 63.1 cm³/mol. The van der Waals surface area contributed by atoms with E-state index in [9.17, 15) is 0 Å². The van der Waals surface area contributed by atoms with E-state index >= 15 is 0 Å². The van der Waals surface area contributed by atoms with Crippen LogP contribution in [0.3, 0.4) is 0 Å². The first-order valence-electron chi connectivity index (χ1n) is 5.06. The van der Waals surface area contributed by atoms with Gasteiger partial charge in [0.1, 0.15) is 0 Å². The zero-order valence-electron chi connectivity index (χ0n) is 9.60. The number of hydrazine groups is 1. The van der Waals surface area contributed by atoms with Gasteiger partial charge in [-0.05, 0) is 6.92 Å². The van der Waals surface area contributed by atoms with Gasteiger partial charge >= 0.3 is 0 Å². The highest BCUT2D eigenvalue weighted by Crippen LogP contribution is 2.21. The van der Waals surface area contributed by atoms with Gasteiger partial charge in [-0.15, -0.1) is 0 Å². The highest BCUT2D eigenvalue weighted by molar-refractivity contribution is 5.84. The Morgan fingerprint density at radius 3 is 2.88 bits per heavy atom. The van der Waals surface area contributed by atoms with Crippen molar-refractivity contribution in [1.82, 2.24) is 19.5 Å². The van der Waals surface area contributed by atoms with E-state index in [0.29, 0.717) is 23.8 Å². The number of aryl methyl sites for hydroxylation is 1. The maximum atomic E-state index is 5.86. The third-order valence-electron chi connectivity index (χ3n) is 2.38. The Kier molecular flexibility index (Phi) is 2.61. The summed E-state index contributed by atoms with van der Waals surface area (Å²) < 4.78 is 1.84. The maximum Gasteiger partial charge on any atom is 0.226 e. The van der Waals surface area contributed by atoms with Gasteiger partial charge in [0.05, 0.1) is 6.33 Å². The van der Waals surface area contributed by atoms with Crippen molar-refractivity contribution < 1.29 is 0 Å². The largest absolute Gasteiger partial charge is 0.357 e. The monoisotopic (exact) mass is 221 g/mol. The predicted octanol–water partition coefficient (Wildman–Crippen LogP) is 0.105. The Hall–Kier alpha value is -1.89. The molecule has 2 heterocycles. The van der Waals surface area contributed by atoms with Crippen molar-refractivity contribution >= 4 is 22.9 Å². The quantitative estimate of drug-likeness (QED) is 0.565. The lowest BCUT2D eigenvalue weighted by atomic mass is 10.4. The van der Waals surface area contributed by atoms with E-state index in [1.165, 1.54) is 0 Å². The van der Waals surface area contributed by atoms with Gasteiger partial charge < -0.3 is 9.88 Å². The van der Waals surface area contributed by atoms with Crippen LogP contribution < -0.4 is 16.2 Å². The Morgan fingerprint density at radius 2 is 2.25 bits per heavy atom. The summed E-state index contributed by atoms with van der Waals surface area (Å²) in [6, 6.07) is 0. The number of imidazole rings is 1. The number of anilines is 2. The summed E-state index contributed by atoms with van der Waals surface area (Å²) in [7, 11) is 3.66. The number of hydrogen-bond acceptors (Lipinski definition) is 6. The Balaban J connectivity index is 2.69. The van der Waals surface area contributed by atoms with E-state index in [1.807, 2.05) is 18.5 Å². The molecule has 2 rings (SSSR count). The fraction of sp³-hybridized carbons (Fsp3) is 0.444. The lowest BCUT2D eigenvalue weighted by Gasteiger charge is -2.15. The average Bonchev–Trinajstić information content (AvgIpc) is 2.69. The van der Waals surface area contributed by atoms with E-state index in [4.69, 9.17) is 5.84 Å². The van der Waals surface area contributed by atoms with Crippen LogP contribution in [0.1, 0.15) is 6.92 Å². The number of rotatable bonds is 3. The van der Waals surface area contributed by atoms with Crippen molar-refractivity contribution in [2.45, 2.75) is 6.92 Å². The molecule has 0 aliphatic rings. The molecule has 0 saturated heterocycles. The Labute approximate surface area is 93.3 Å². The molecule has 7 nitrogen and oxygen atoms in total. The molecule has 2 aromatic heterocycles. The number of aromatic nitrogens is 4. The van der Waals surface area contributed by atoms with Crippen molar-refractivity contribution in [2.75, 3.05) is 23.9 Å². The average molecular weight is 221 g/mol. The molecule has 0 bridgehead atoms. The van der Waals surface area contributed by atoms with Crippen LogP contribution in [-0.4, -0.2) is 33.1 Å². The van der Waals surface area contributed by atoms with Gasteiger partial charge in [-0.3, -0.25) is 5.01 Å². The maximum absolute atomic E-state index is 5.86. The van der Waals surface area contributed by atoms with Gasteiger partial charge in [0.25, 0.3) is 0 Å². The van der Waals surface area contributed by atoms with E-state index in [1.54, 1.807) is 18.4 Å². The van der Waals surface area contributed by atoms with Crippen molar-refractivity contribution in [2.24, 2.45) is 12.9 Å². The van der Waals surface area contributed by atoms with Crippen LogP contribution in [0.2, 0.25) is 0 Å². The summed E-state index contributed by atoms with van der Waals surface area (Å²) in [6.45, 7) is 2.61. The molecule has 0 fully saturated rings. The number of nitrogens with zero attached hydrogens (tertiary/aromatic N) is 5. The lowest BCUT2D eigenvalue weighted by Crippen LogP contribution is -2.31. The Bertz CT molecular complexity index is 504. The molecule has 0 amide bonds. The molecule has 0 atom stereocenters. The second-order valence-electron chi connectivity index (χ2n) is 3.43. The van der Waals surface area contributed by atoms with Crippen LogP contribution in [-0.2, 0) is 7.05 Å². The minimum absolute atomic E-state index is 0.537. The molecular weight excluding hydrogens is 206 g/mol. The van der Waals surface area contributed by atoms with E-state index in [0.717, 1.165) is 5.65 Å². The van der Waals surface area contributed by atoms with E-state index in [2.05, 4.69) is 20.3 Å². The van der Waals surface area contributed by atoms with Crippen molar-refractivity contribution in [1.29, 1.82) is 0 Å². The zero-order chi connectivity index (χ0) is 11.7. The highest BCUT2D eigenvalue weighted by atomic mass is 15.4. The van der Waals surface area contributed by atoms with Gasteiger partial charge in [-0.1, -0.05) is 0 Å². The summed E-state index contributed by atoms with van der Waals surface area (Å²) in [5.74, 6) is 7.03. The van der Waals surface area contributed by atoms with Crippen molar-refractivity contribution in [3.05, 3.63) is 6.33 Å². The normalized spacial score (nSPS) is 10.8. The molecule has 0 radical (unpaired) electrons. The molecule has 7 heteroatoms. The standard InChI is InChI=1S/C9H15N7/c1-4-16(10)8-6-7(15(3)5-12-6)13-9(11-2)14-8/h5H,4,10H2,1-3H3,(H,11,13,14). The van der Waals surface area contributed by atoms with Crippen LogP contribution in [0, 0.1) is 0 Å². The fourth-order valence-corrected chi connectivity index (χ4v) is 1.45. The molecule has 86 valence electrons. The van der Waals surface area contributed by atoms with Crippen LogP contribution in [0.15, 0.2) is 6.33 Å². The van der Waals surface area contributed by atoms with Crippen LogP contribution in [0.4, 0.5) is 11.8 Å². The summed E-state index contributed by atoms with van der Waals surface area (Å²) in [5, 5.41) is 4.46. The molecular formula is C9H15N7. The molecule has 0 aliphatic carbocycles. The number of nitrogens with one attached hydrogen (secondary N) is 1. The molecule has 0 aliphatic heterocycles. The number of nitrogens with two attached hydrogens (primary N) is 1. The minimum Gasteiger partial charge on any atom is -0.357 e. The summed E-state index contributed by atoms with van der Waals surface area (Å²) in [5.41, 5.74) is 1.48. The molecule has 2 aromatic rings. The van der Waals surface area contributed by atoms with E-state index in [-0.39, 0.29) is 0 Å². The fourth-order valence-electron chi connectivity index (χ4n) is 1.45. The summed E-state index contributed by atoms with van der Waals surface area (Å²) in [6.07, 6.45) is 1.70. The van der Waals surface area contributed by atoms with Crippen molar-refractivity contribution in [3.63, 3.8) is 0 Å². The van der Waals surface area contributed by atoms with Gasteiger partial charge in [-0.25, -0.2) is 10.8 Å². The SMILES string of the molecule is CCN(N)c1nc(NC)nc2c1ncn2C. The first kappa shape index (κ1) is 10.6. The van der Waals surface area contributed by atoms with E-state index < -0.39 is 0 Å². The topological polar surface area (TPSA) is 84.9 Å². The third kappa shape index (κ3) is 1.54. The number of fused-ring (bicyclic) bond motifs is 1. The second kappa shape index (κ2) is 3.93. The smallest absolute Gasteiger partial charge is 0.226 e. The molecule has 16 heavy (non-hydrogen) atoms. The second-order valence-corrected chi connectivity index (χ2v) is 3.43. The minimum atomic E-state index is 0.537. The van der Waals surface area contributed by atoms with Crippen LogP contribution in [0.5, 0.6) is 0 Å². The van der Waals surface area contributed by atoms with Crippen LogP contribution >= 0.6 is 0 Å². The first-order chi connectivity index (χ1) is 7.67. The van der Waals surface area contributed by atoms with Gasteiger partial charge in [0, 0.05) is 20.6 Å². The van der Waals surface area contributed by atoms with Gasteiger partial charge in [0.2, 0.25) is 5.95 Å². The molecule has 0 saturated carbocycles. The molecule has 0 aromatic carbocycles. The van der Waals surface area contributed by atoms with Crippen LogP contribution in [0.25, 0.3) is 11.2 Å². The summed E-state index contributed by atoms with van der Waals surface area (Å²) in [4.78, 5) is 12.9. The molecule has 0 spiro atoms. The van der Waals surface area contributed by atoms with Crippen molar-refractivity contribution in [3.8, 4) is 0 Å². The Morgan fingerprint density at radius 1 is 1.50 bits per heavy atom. The van der Waals surface area contributed by atoms with Gasteiger partial charge in [0.15, 0.2) is 17.0 Å². The number of hydrogen-bond donors (Lipinski definition) is 2. The van der Waals surface area contributed by atoms with Gasteiger partial charge in [-0.2, -0.15) is 9.97 Å². The highest BCUT2D eigenvalue weighted by Gasteiger charge is 2.14.